The van der Waals surface area contributed by atoms with Gasteiger partial charge in [0.25, 0.3) is 0 Å². The van der Waals surface area contributed by atoms with E-state index in [1.165, 1.54) is 19.3 Å². The topological polar surface area (TPSA) is 0 Å². The summed E-state index contributed by atoms with van der Waals surface area (Å²) < 4.78 is 0. The van der Waals surface area contributed by atoms with E-state index in [1.54, 1.807) is 11.1 Å². The molecule has 44 valence electrons. The Morgan fingerprint density at radius 3 is 1.62 bits per heavy atom. The number of hydrogen-bond donors (Lipinski definition) is 0. The van der Waals surface area contributed by atoms with Crippen LogP contribution in [0.25, 0.3) is 0 Å². The minimum atomic E-state index is 0. The van der Waals surface area contributed by atoms with Crippen LogP contribution in [0.15, 0.2) is 23.3 Å². The van der Waals surface area contributed by atoms with Crippen LogP contribution in [0.4, 0.5) is 0 Å². The summed E-state index contributed by atoms with van der Waals surface area (Å²) in [6.45, 7) is 0. The SMILES string of the molecule is C1=C2CCC(=C1)C2.[Rh+]. The smallest absolute Gasteiger partial charge is 0.0658 e. The van der Waals surface area contributed by atoms with E-state index in [4.69, 9.17) is 0 Å². The summed E-state index contributed by atoms with van der Waals surface area (Å²) in [5.74, 6) is 0. The predicted octanol–water partition coefficient (Wildman–Crippen LogP) is 2.03. The quantitative estimate of drug-likeness (QED) is 0.519. The molecule has 0 heterocycles. The molecule has 1 fully saturated rings. The van der Waals surface area contributed by atoms with Gasteiger partial charge in [-0.15, -0.1) is 0 Å². The van der Waals surface area contributed by atoms with Crippen molar-refractivity contribution in [2.24, 2.45) is 0 Å². The molecule has 0 aliphatic heterocycles. The van der Waals surface area contributed by atoms with Crippen molar-refractivity contribution in [2.45, 2.75) is 19.3 Å². The molecule has 2 aliphatic rings. The van der Waals surface area contributed by atoms with Crippen molar-refractivity contribution in [1.29, 1.82) is 0 Å². The van der Waals surface area contributed by atoms with Crippen LogP contribution in [0.3, 0.4) is 0 Å². The van der Waals surface area contributed by atoms with Gasteiger partial charge >= 0.3 is 19.5 Å². The monoisotopic (exact) mass is 195 g/mol. The molecule has 0 nitrogen and oxygen atoms in total. The van der Waals surface area contributed by atoms with E-state index in [9.17, 15) is 0 Å². The van der Waals surface area contributed by atoms with E-state index in [0.717, 1.165) is 0 Å². The van der Waals surface area contributed by atoms with Crippen molar-refractivity contribution in [3.05, 3.63) is 23.3 Å². The van der Waals surface area contributed by atoms with Gasteiger partial charge in [0.15, 0.2) is 0 Å². The molecule has 1 saturated carbocycles. The average molecular weight is 195 g/mol. The largest absolute Gasteiger partial charge is 1.00 e. The molecule has 0 aromatic heterocycles. The second-order valence-electron chi connectivity index (χ2n) is 2.33. The Morgan fingerprint density at radius 2 is 1.50 bits per heavy atom. The summed E-state index contributed by atoms with van der Waals surface area (Å²) in [6.07, 6.45) is 8.54. The molecule has 2 rings (SSSR count). The molecule has 0 amide bonds. The summed E-state index contributed by atoms with van der Waals surface area (Å²) in [5.41, 5.74) is 3.30. The molecule has 0 atom stereocenters. The Balaban J connectivity index is 0.000000320. The second-order valence-corrected chi connectivity index (χ2v) is 2.33. The summed E-state index contributed by atoms with van der Waals surface area (Å²) in [7, 11) is 0. The van der Waals surface area contributed by atoms with Crippen LogP contribution in [0.1, 0.15) is 19.3 Å². The van der Waals surface area contributed by atoms with Crippen LogP contribution in [0.5, 0.6) is 0 Å². The minimum absolute atomic E-state index is 0. The van der Waals surface area contributed by atoms with Crippen molar-refractivity contribution < 1.29 is 19.5 Å². The fourth-order valence-electron chi connectivity index (χ4n) is 1.31. The molecule has 2 bridgehead atoms. The van der Waals surface area contributed by atoms with Gasteiger partial charge in [0, 0.05) is 0 Å². The molecule has 8 heavy (non-hydrogen) atoms. The zero-order valence-corrected chi connectivity index (χ0v) is 6.25. The van der Waals surface area contributed by atoms with E-state index >= 15 is 0 Å². The van der Waals surface area contributed by atoms with Gasteiger partial charge in [-0.2, -0.15) is 0 Å². The maximum absolute atomic E-state index is 2.26. The Bertz CT molecular complexity index is 136. The van der Waals surface area contributed by atoms with E-state index in [2.05, 4.69) is 12.2 Å². The van der Waals surface area contributed by atoms with Gasteiger partial charge in [0.05, 0.1) is 0 Å². The van der Waals surface area contributed by atoms with Crippen molar-refractivity contribution >= 4 is 0 Å². The standard InChI is InChI=1S/C7H8.Rh/c1-2-7-4-3-6(1)5-7;/h1-2H,3-5H2;/q;+1. The zero-order valence-electron chi connectivity index (χ0n) is 4.61. The number of hydrogen-bond acceptors (Lipinski definition) is 0. The number of fused-ring (bicyclic) bond motifs is 2. The van der Waals surface area contributed by atoms with E-state index < -0.39 is 0 Å². The van der Waals surface area contributed by atoms with E-state index in [-0.39, 0.29) is 19.5 Å². The molecule has 0 spiro atoms. The maximum Gasteiger partial charge on any atom is 1.00 e. The molecule has 0 unspecified atom stereocenters. The van der Waals surface area contributed by atoms with Gasteiger partial charge in [-0.1, -0.05) is 23.3 Å². The molecule has 0 N–H and O–H groups in total. The third-order valence-corrected chi connectivity index (χ3v) is 1.78. The molecular formula is C7H8Rh+. The summed E-state index contributed by atoms with van der Waals surface area (Å²) >= 11 is 0. The van der Waals surface area contributed by atoms with E-state index in [1.807, 2.05) is 0 Å². The van der Waals surface area contributed by atoms with Crippen molar-refractivity contribution in [3.63, 3.8) is 0 Å². The third kappa shape index (κ3) is 0.799. The molecule has 2 aliphatic carbocycles. The van der Waals surface area contributed by atoms with Gasteiger partial charge < -0.3 is 0 Å². The average Bonchev–Trinajstić information content (AvgIpc) is 2.22. The molecule has 0 radical (unpaired) electrons. The number of allylic oxidation sites excluding steroid dienone is 4. The van der Waals surface area contributed by atoms with Gasteiger partial charge in [-0.05, 0) is 19.3 Å². The summed E-state index contributed by atoms with van der Waals surface area (Å²) in [5, 5.41) is 0. The molecule has 0 aromatic carbocycles. The minimum Gasteiger partial charge on any atom is -0.0658 e. The molecule has 0 saturated heterocycles. The first kappa shape index (κ1) is 6.23. The predicted molar refractivity (Wildman–Crippen MR) is 30.0 cm³/mol. The molecular weight excluding hydrogens is 187 g/mol. The first-order valence-corrected chi connectivity index (χ1v) is 2.82. The van der Waals surface area contributed by atoms with Gasteiger partial charge in [-0.3, -0.25) is 0 Å². The van der Waals surface area contributed by atoms with Crippen molar-refractivity contribution in [2.75, 3.05) is 0 Å². The number of rotatable bonds is 0. The van der Waals surface area contributed by atoms with E-state index in [0.29, 0.717) is 0 Å². The van der Waals surface area contributed by atoms with Crippen LogP contribution in [0, 0.1) is 0 Å². The summed E-state index contributed by atoms with van der Waals surface area (Å²) in [4.78, 5) is 0. The molecule has 1 heteroatoms. The first-order chi connectivity index (χ1) is 3.45. The van der Waals surface area contributed by atoms with Crippen molar-refractivity contribution in [3.8, 4) is 0 Å². The van der Waals surface area contributed by atoms with Crippen LogP contribution < -0.4 is 0 Å². The van der Waals surface area contributed by atoms with Gasteiger partial charge in [0.2, 0.25) is 0 Å². The van der Waals surface area contributed by atoms with Gasteiger partial charge in [-0.25, -0.2) is 0 Å². The Labute approximate surface area is 62.4 Å². The summed E-state index contributed by atoms with van der Waals surface area (Å²) in [6, 6.07) is 0. The second kappa shape index (κ2) is 2.15. The Kier molecular flexibility index (Phi) is 1.67. The first-order valence-electron chi connectivity index (χ1n) is 2.82. The van der Waals surface area contributed by atoms with Crippen LogP contribution in [-0.4, -0.2) is 0 Å². The van der Waals surface area contributed by atoms with Crippen molar-refractivity contribution in [1.82, 2.24) is 0 Å². The van der Waals surface area contributed by atoms with Crippen LogP contribution >= 0.6 is 0 Å². The Morgan fingerprint density at radius 1 is 1.00 bits per heavy atom. The maximum atomic E-state index is 2.26. The normalized spacial score (nSPS) is 22.0. The van der Waals surface area contributed by atoms with Gasteiger partial charge in [0.1, 0.15) is 0 Å². The van der Waals surface area contributed by atoms with Crippen LogP contribution in [-0.2, 0) is 19.5 Å². The fraction of sp³-hybridized carbons (Fsp3) is 0.429. The fourth-order valence-corrected chi connectivity index (χ4v) is 1.31. The molecule has 0 aromatic rings. The third-order valence-electron chi connectivity index (χ3n) is 1.78. The zero-order chi connectivity index (χ0) is 4.69. The Hall–Kier alpha value is 0.103. The van der Waals surface area contributed by atoms with Crippen LogP contribution in [0.2, 0.25) is 0 Å².